The number of nitrogens with one attached hydrogen (secondary N) is 1. The van der Waals surface area contributed by atoms with Gasteiger partial charge in [-0.05, 0) is 55.5 Å². The zero-order valence-electron chi connectivity index (χ0n) is 22.4. The second-order valence-electron chi connectivity index (χ2n) is 10.5. The number of nitrogen functional groups attached to an aromatic ring is 1. The second kappa shape index (κ2) is 12.2. The summed E-state index contributed by atoms with van der Waals surface area (Å²) in [4.78, 5) is 17.1. The van der Waals surface area contributed by atoms with E-state index in [4.69, 9.17) is 10.5 Å². The number of anilines is 3. The van der Waals surface area contributed by atoms with Crippen molar-refractivity contribution in [2.24, 2.45) is 0 Å². The van der Waals surface area contributed by atoms with Gasteiger partial charge in [0.25, 0.3) is 0 Å². The lowest BCUT2D eigenvalue weighted by molar-refractivity contribution is -0.139. The number of halogens is 3. The van der Waals surface area contributed by atoms with Crippen molar-refractivity contribution in [2.45, 2.75) is 44.0 Å². The molecule has 5 rings (SSSR count). The molecule has 3 aromatic rings. The summed E-state index contributed by atoms with van der Waals surface area (Å²) in [6, 6.07) is 22.7. The smallest absolute Gasteiger partial charge is 0.398 e. The summed E-state index contributed by atoms with van der Waals surface area (Å²) in [7, 11) is 0. The van der Waals surface area contributed by atoms with Gasteiger partial charge < -0.3 is 25.6 Å². The van der Waals surface area contributed by atoms with Crippen molar-refractivity contribution in [3.05, 3.63) is 78.4 Å². The lowest BCUT2D eigenvalue weighted by Crippen LogP contribution is -2.50. The number of para-hydroxylation sites is 1. The van der Waals surface area contributed by atoms with Crippen molar-refractivity contribution in [3.8, 4) is 11.1 Å². The Morgan fingerprint density at radius 3 is 2.27 bits per heavy atom. The lowest BCUT2D eigenvalue weighted by Gasteiger charge is -2.37. The molecule has 3 aromatic carbocycles. The summed E-state index contributed by atoms with van der Waals surface area (Å²) >= 11 is 0. The van der Waals surface area contributed by atoms with E-state index in [-0.39, 0.29) is 30.3 Å². The van der Waals surface area contributed by atoms with Gasteiger partial charge >= 0.3 is 6.18 Å². The maximum absolute atomic E-state index is 13.2. The van der Waals surface area contributed by atoms with E-state index in [0.717, 1.165) is 44.8 Å². The Morgan fingerprint density at radius 1 is 0.900 bits per heavy atom. The number of nitrogens with two attached hydrogens (primary N) is 1. The molecular formula is C31H35F3N4O2. The SMILES string of the molecule is Nc1ccc(NC2CCC(OCC(=O)N3CCN(c4ccccc4-c4ccccc4)CC3)CC2)cc1C(F)(F)F. The van der Waals surface area contributed by atoms with Crippen LogP contribution in [0.3, 0.4) is 0 Å². The molecule has 1 saturated carbocycles. The molecule has 0 aromatic heterocycles. The third-order valence-electron chi connectivity index (χ3n) is 7.81. The monoisotopic (exact) mass is 552 g/mol. The van der Waals surface area contributed by atoms with Crippen LogP contribution in [0, 0.1) is 0 Å². The molecule has 0 unspecified atom stereocenters. The van der Waals surface area contributed by atoms with Crippen molar-refractivity contribution in [3.63, 3.8) is 0 Å². The van der Waals surface area contributed by atoms with E-state index in [2.05, 4.69) is 34.5 Å². The summed E-state index contributed by atoms with van der Waals surface area (Å²) < 4.78 is 45.5. The van der Waals surface area contributed by atoms with Crippen LogP contribution in [-0.2, 0) is 15.7 Å². The van der Waals surface area contributed by atoms with E-state index < -0.39 is 11.7 Å². The lowest BCUT2D eigenvalue weighted by atomic mass is 9.92. The first-order valence-corrected chi connectivity index (χ1v) is 13.8. The number of hydrogen-bond donors (Lipinski definition) is 2. The number of hydrogen-bond acceptors (Lipinski definition) is 5. The first-order chi connectivity index (χ1) is 19.3. The normalized spacial score (nSPS) is 19.9. The molecule has 0 bridgehead atoms. The molecule has 0 atom stereocenters. The minimum atomic E-state index is -4.49. The number of nitrogens with zero attached hydrogens (tertiary/aromatic N) is 2. The Labute approximate surface area is 232 Å². The van der Waals surface area contributed by atoms with Gasteiger partial charge in [0.2, 0.25) is 5.91 Å². The van der Waals surface area contributed by atoms with Gasteiger partial charge in [0, 0.05) is 54.8 Å². The van der Waals surface area contributed by atoms with E-state index >= 15 is 0 Å². The van der Waals surface area contributed by atoms with Gasteiger partial charge in [0.1, 0.15) is 6.61 Å². The zero-order chi connectivity index (χ0) is 28.1. The number of rotatable bonds is 7. The molecule has 1 aliphatic heterocycles. The van der Waals surface area contributed by atoms with Crippen LogP contribution in [0.4, 0.5) is 30.2 Å². The molecule has 40 heavy (non-hydrogen) atoms. The van der Waals surface area contributed by atoms with Gasteiger partial charge in [0.15, 0.2) is 0 Å². The van der Waals surface area contributed by atoms with Crippen molar-refractivity contribution < 1.29 is 22.7 Å². The molecule has 1 saturated heterocycles. The molecular weight excluding hydrogens is 517 g/mol. The zero-order valence-corrected chi connectivity index (χ0v) is 22.4. The molecule has 212 valence electrons. The number of amides is 1. The van der Waals surface area contributed by atoms with Crippen LogP contribution in [0.2, 0.25) is 0 Å². The Kier molecular flexibility index (Phi) is 8.49. The van der Waals surface area contributed by atoms with Crippen molar-refractivity contribution in [2.75, 3.05) is 48.7 Å². The maximum atomic E-state index is 13.2. The Hall–Kier alpha value is -3.72. The molecule has 2 fully saturated rings. The van der Waals surface area contributed by atoms with Crippen LogP contribution in [-0.4, -0.2) is 55.7 Å². The summed E-state index contributed by atoms with van der Waals surface area (Å²) in [6.07, 6.45) is -1.52. The predicted octanol–water partition coefficient (Wildman–Crippen LogP) is 6.04. The summed E-state index contributed by atoms with van der Waals surface area (Å²) in [5.41, 5.74) is 8.35. The number of carbonyl (C=O) groups excluding carboxylic acids is 1. The summed E-state index contributed by atoms with van der Waals surface area (Å²) in [5, 5.41) is 3.20. The van der Waals surface area contributed by atoms with E-state index in [1.54, 1.807) is 6.07 Å². The molecule has 1 aliphatic carbocycles. The largest absolute Gasteiger partial charge is 0.418 e. The van der Waals surface area contributed by atoms with Gasteiger partial charge in [-0.1, -0.05) is 48.5 Å². The van der Waals surface area contributed by atoms with Crippen LogP contribution < -0.4 is 16.0 Å². The highest BCUT2D eigenvalue weighted by Gasteiger charge is 2.33. The van der Waals surface area contributed by atoms with Gasteiger partial charge in [-0.25, -0.2) is 0 Å². The number of alkyl halides is 3. The van der Waals surface area contributed by atoms with Crippen molar-refractivity contribution in [1.82, 2.24) is 4.90 Å². The van der Waals surface area contributed by atoms with Crippen LogP contribution in [0.25, 0.3) is 11.1 Å². The highest BCUT2D eigenvalue weighted by molar-refractivity contribution is 5.80. The number of piperazine rings is 1. The van der Waals surface area contributed by atoms with Crippen LogP contribution in [0.5, 0.6) is 0 Å². The second-order valence-corrected chi connectivity index (χ2v) is 10.5. The number of carbonyl (C=O) groups is 1. The highest BCUT2D eigenvalue weighted by Crippen LogP contribution is 2.36. The van der Waals surface area contributed by atoms with Crippen molar-refractivity contribution in [1.29, 1.82) is 0 Å². The molecule has 3 N–H and O–H groups in total. The minimum absolute atomic E-state index is 0.00204. The van der Waals surface area contributed by atoms with E-state index in [1.165, 1.54) is 22.9 Å². The van der Waals surface area contributed by atoms with Gasteiger partial charge in [0.05, 0.1) is 11.7 Å². The fourth-order valence-corrected chi connectivity index (χ4v) is 5.59. The average Bonchev–Trinajstić information content (AvgIpc) is 2.97. The Bertz CT molecular complexity index is 1290. The van der Waals surface area contributed by atoms with Gasteiger partial charge in [-0.2, -0.15) is 13.2 Å². The molecule has 0 spiro atoms. The molecule has 9 heteroatoms. The van der Waals surface area contributed by atoms with E-state index in [1.807, 2.05) is 35.2 Å². The molecule has 2 aliphatic rings. The maximum Gasteiger partial charge on any atom is 0.418 e. The molecule has 1 heterocycles. The highest BCUT2D eigenvalue weighted by atomic mass is 19.4. The van der Waals surface area contributed by atoms with Gasteiger partial charge in [-0.3, -0.25) is 4.79 Å². The first-order valence-electron chi connectivity index (χ1n) is 13.8. The van der Waals surface area contributed by atoms with Crippen LogP contribution >= 0.6 is 0 Å². The summed E-state index contributed by atoms with van der Waals surface area (Å²) in [5.74, 6) is -0.00204. The standard InChI is InChI=1S/C31H35F3N4O2/c32-31(33,34)27-20-24(12-15-28(27)35)36-23-10-13-25(14-11-23)40-21-30(39)38-18-16-37(17-19-38)29-9-5-4-8-26(29)22-6-2-1-3-7-22/h1-9,12,15,20,23,25,36H,10-11,13-14,16-19,21,35H2. The first kappa shape index (κ1) is 27.8. The fourth-order valence-electron chi connectivity index (χ4n) is 5.59. The van der Waals surface area contributed by atoms with Gasteiger partial charge in [-0.15, -0.1) is 0 Å². The van der Waals surface area contributed by atoms with E-state index in [9.17, 15) is 18.0 Å². The average molecular weight is 553 g/mol. The van der Waals surface area contributed by atoms with Crippen LogP contribution in [0.15, 0.2) is 72.8 Å². The van der Waals surface area contributed by atoms with E-state index in [0.29, 0.717) is 18.8 Å². The molecule has 6 nitrogen and oxygen atoms in total. The fraction of sp³-hybridized carbons (Fsp3) is 0.387. The molecule has 1 amide bonds. The predicted molar refractivity (Wildman–Crippen MR) is 152 cm³/mol. The Morgan fingerprint density at radius 2 is 1.57 bits per heavy atom. The van der Waals surface area contributed by atoms with Crippen molar-refractivity contribution >= 4 is 23.0 Å². The third kappa shape index (κ3) is 6.70. The Balaban J connectivity index is 1.06. The topological polar surface area (TPSA) is 70.8 Å². The quantitative estimate of drug-likeness (QED) is 0.350. The number of benzene rings is 3. The third-order valence-corrected chi connectivity index (χ3v) is 7.81. The molecule has 0 radical (unpaired) electrons. The van der Waals surface area contributed by atoms with Crippen LogP contribution in [0.1, 0.15) is 31.2 Å². The number of ether oxygens (including phenoxy) is 1. The minimum Gasteiger partial charge on any atom is -0.398 e. The summed E-state index contributed by atoms with van der Waals surface area (Å²) in [6.45, 7) is 2.85.